The van der Waals surface area contributed by atoms with Gasteiger partial charge in [0.25, 0.3) is 11.5 Å². The Morgan fingerprint density at radius 3 is 2.50 bits per heavy atom. The smallest absolute Gasteiger partial charge is 0.274 e. The summed E-state index contributed by atoms with van der Waals surface area (Å²) in [5, 5.41) is 8.13. The lowest BCUT2D eigenvalue weighted by Gasteiger charge is -2.13. The molecule has 5 aromatic rings. The number of aromatic nitrogens is 3. The van der Waals surface area contributed by atoms with Crippen LogP contribution in [-0.2, 0) is 13.1 Å². The first-order chi connectivity index (χ1) is 17.6. The Morgan fingerprint density at radius 1 is 0.917 bits per heavy atom. The topological polar surface area (TPSA) is 86.1 Å². The number of nitrogens with one attached hydrogen (secondary N) is 1. The van der Waals surface area contributed by atoms with Crippen LogP contribution in [-0.4, -0.2) is 20.7 Å². The fourth-order valence-electron chi connectivity index (χ4n) is 3.82. The third kappa shape index (κ3) is 4.97. The normalized spacial score (nSPS) is 10.8. The average Bonchev–Trinajstić information content (AvgIpc) is 2.90. The van der Waals surface area contributed by atoms with E-state index in [9.17, 15) is 14.0 Å². The molecule has 2 heterocycles. The van der Waals surface area contributed by atoms with Gasteiger partial charge in [0.2, 0.25) is 5.88 Å². The summed E-state index contributed by atoms with van der Waals surface area (Å²) >= 11 is 0. The molecule has 0 radical (unpaired) electrons. The van der Waals surface area contributed by atoms with Crippen LogP contribution in [0.5, 0.6) is 11.6 Å². The minimum absolute atomic E-state index is 0.0884. The van der Waals surface area contributed by atoms with Gasteiger partial charge in [0.05, 0.1) is 11.9 Å². The number of hydrogen-bond donors (Lipinski definition) is 1. The van der Waals surface area contributed by atoms with Crippen molar-refractivity contribution >= 4 is 16.7 Å². The van der Waals surface area contributed by atoms with Gasteiger partial charge in [0.1, 0.15) is 11.6 Å². The van der Waals surface area contributed by atoms with Crippen LogP contribution in [0.4, 0.5) is 4.39 Å². The van der Waals surface area contributed by atoms with Crippen LogP contribution in [0, 0.1) is 5.82 Å². The predicted octanol–water partition coefficient (Wildman–Crippen LogP) is 4.70. The molecule has 0 saturated carbocycles. The number of carbonyl (C=O) groups excluding carboxylic acids is 1. The number of halogens is 1. The highest BCUT2D eigenvalue weighted by Crippen LogP contribution is 2.23. The van der Waals surface area contributed by atoms with Crippen molar-refractivity contribution < 1.29 is 13.9 Å². The molecule has 1 N–H and O–H groups in total. The SMILES string of the molecule is O=C(NCc1cccnc1Oc1cccc(F)c1)c1nn(Cc2ccccc2)c(=O)c2ccccc12. The van der Waals surface area contributed by atoms with Crippen molar-refractivity contribution in [2.45, 2.75) is 13.1 Å². The van der Waals surface area contributed by atoms with Gasteiger partial charge in [0.15, 0.2) is 5.69 Å². The highest BCUT2D eigenvalue weighted by atomic mass is 19.1. The number of pyridine rings is 1. The molecule has 3 aromatic carbocycles. The Balaban J connectivity index is 1.42. The molecule has 0 aliphatic rings. The van der Waals surface area contributed by atoms with Gasteiger partial charge in [-0.25, -0.2) is 14.1 Å². The fourth-order valence-corrected chi connectivity index (χ4v) is 3.82. The highest BCUT2D eigenvalue weighted by Gasteiger charge is 2.18. The highest BCUT2D eigenvalue weighted by molar-refractivity contribution is 6.04. The molecule has 5 rings (SSSR count). The number of benzene rings is 3. The molecule has 0 aliphatic heterocycles. The van der Waals surface area contributed by atoms with E-state index in [4.69, 9.17) is 4.74 Å². The second-order valence-electron chi connectivity index (χ2n) is 8.05. The van der Waals surface area contributed by atoms with Crippen LogP contribution in [0.2, 0.25) is 0 Å². The Bertz CT molecular complexity index is 1600. The number of fused-ring (bicyclic) bond motifs is 1. The molecule has 178 valence electrons. The van der Waals surface area contributed by atoms with Crippen molar-refractivity contribution in [3.8, 4) is 11.6 Å². The lowest BCUT2D eigenvalue weighted by molar-refractivity contribution is 0.0945. The number of nitrogens with zero attached hydrogens (tertiary/aromatic N) is 3. The van der Waals surface area contributed by atoms with Gasteiger partial charge in [-0.15, -0.1) is 0 Å². The van der Waals surface area contributed by atoms with E-state index >= 15 is 0 Å². The van der Waals surface area contributed by atoms with Gasteiger partial charge in [-0.1, -0.05) is 60.7 Å². The van der Waals surface area contributed by atoms with Crippen molar-refractivity contribution in [2.75, 3.05) is 0 Å². The summed E-state index contributed by atoms with van der Waals surface area (Å²) in [5.41, 5.74) is 1.35. The van der Waals surface area contributed by atoms with E-state index in [1.165, 1.54) is 22.9 Å². The first kappa shape index (κ1) is 22.9. The molecule has 0 spiro atoms. The van der Waals surface area contributed by atoms with Crippen LogP contribution in [0.25, 0.3) is 10.8 Å². The Morgan fingerprint density at radius 2 is 1.69 bits per heavy atom. The van der Waals surface area contributed by atoms with Crippen molar-refractivity contribution in [3.05, 3.63) is 130 Å². The molecule has 0 aliphatic carbocycles. The number of amides is 1. The summed E-state index contributed by atoms with van der Waals surface area (Å²) < 4.78 is 20.6. The van der Waals surface area contributed by atoms with Crippen LogP contribution in [0.3, 0.4) is 0 Å². The van der Waals surface area contributed by atoms with Crippen LogP contribution in [0.15, 0.2) is 102 Å². The first-order valence-corrected chi connectivity index (χ1v) is 11.3. The molecule has 0 fully saturated rings. The van der Waals surface area contributed by atoms with Gasteiger partial charge < -0.3 is 10.1 Å². The van der Waals surface area contributed by atoms with Crippen LogP contribution >= 0.6 is 0 Å². The third-order valence-electron chi connectivity index (χ3n) is 5.56. The second kappa shape index (κ2) is 10.2. The lowest BCUT2D eigenvalue weighted by Crippen LogP contribution is -2.31. The molecule has 0 unspecified atom stereocenters. The van der Waals surface area contributed by atoms with Crippen molar-refractivity contribution in [1.82, 2.24) is 20.1 Å². The van der Waals surface area contributed by atoms with E-state index in [1.54, 1.807) is 48.7 Å². The summed E-state index contributed by atoms with van der Waals surface area (Å²) in [4.78, 5) is 30.5. The van der Waals surface area contributed by atoms with Gasteiger partial charge in [-0.3, -0.25) is 9.59 Å². The zero-order valence-electron chi connectivity index (χ0n) is 19.1. The fraction of sp³-hybridized carbons (Fsp3) is 0.0714. The maximum Gasteiger partial charge on any atom is 0.274 e. The summed E-state index contributed by atoms with van der Waals surface area (Å²) in [5.74, 6) is -0.340. The average molecular weight is 480 g/mol. The van der Waals surface area contributed by atoms with E-state index in [0.717, 1.165) is 5.56 Å². The van der Waals surface area contributed by atoms with Gasteiger partial charge in [0, 0.05) is 29.8 Å². The molecule has 7 nitrogen and oxygen atoms in total. The summed E-state index contributed by atoms with van der Waals surface area (Å²) in [6, 6.07) is 25.5. The lowest BCUT2D eigenvalue weighted by atomic mass is 10.1. The molecule has 0 atom stereocenters. The minimum atomic E-state index is -0.450. The van der Waals surface area contributed by atoms with Crippen molar-refractivity contribution in [2.24, 2.45) is 0 Å². The standard InChI is InChI=1S/C28H21FN4O3/c29-21-11-6-12-22(16-21)36-27-20(10-7-15-30-27)17-31-26(34)25-23-13-4-5-14-24(23)28(35)33(32-25)18-19-8-2-1-3-9-19/h1-16H,17-18H2,(H,31,34). The zero-order valence-corrected chi connectivity index (χ0v) is 19.1. The van der Waals surface area contributed by atoms with E-state index in [0.29, 0.717) is 22.1 Å². The number of carbonyl (C=O) groups is 1. The van der Waals surface area contributed by atoms with E-state index in [-0.39, 0.29) is 30.2 Å². The number of hydrogen-bond acceptors (Lipinski definition) is 5. The summed E-state index contributed by atoms with van der Waals surface area (Å²) in [6.45, 7) is 0.324. The maximum atomic E-state index is 13.5. The van der Waals surface area contributed by atoms with Crippen molar-refractivity contribution in [3.63, 3.8) is 0 Å². The largest absolute Gasteiger partial charge is 0.439 e. The van der Waals surface area contributed by atoms with Gasteiger partial charge >= 0.3 is 0 Å². The second-order valence-corrected chi connectivity index (χ2v) is 8.05. The predicted molar refractivity (Wildman–Crippen MR) is 133 cm³/mol. The first-order valence-electron chi connectivity index (χ1n) is 11.3. The summed E-state index contributed by atoms with van der Waals surface area (Å²) in [6.07, 6.45) is 1.55. The number of rotatable bonds is 7. The molecule has 0 saturated heterocycles. The Kier molecular flexibility index (Phi) is 6.48. The summed E-state index contributed by atoms with van der Waals surface area (Å²) in [7, 11) is 0. The molecule has 8 heteroatoms. The zero-order chi connectivity index (χ0) is 24.9. The maximum absolute atomic E-state index is 13.5. The quantitative estimate of drug-likeness (QED) is 0.365. The molecule has 36 heavy (non-hydrogen) atoms. The van der Waals surface area contributed by atoms with Crippen molar-refractivity contribution in [1.29, 1.82) is 0 Å². The molecule has 1 amide bonds. The van der Waals surface area contributed by atoms with Gasteiger partial charge in [-0.05, 0) is 29.8 Å². The minimum Gasteiger partial charge on any atom is -0.439 e. The molecular formula is C28H21FN4O3. The Labute approximate surface area is 205 Å². The van der Waals surface area contributed by atoms with E-state index in [2.05, 4.69) is 15.4 Å². The number of ether oxygens (including phenoxy) is 1. The van der Waals surface area contributed by atoms with E-state index < -0.39 is 11.7 Å². The van der Waals surface area contributed by atoms with Crippen LogP contribution in [0.1, 0.15) is 21.6 Å². The van der Waals surface area contributed by atoms with Crippen LogP contribution < -0.4 is 15.6 Å². The van der Waals surface area contributed by atoms with Gasteiger partial charge in [-0.2, -0.15) is 5.10 Å². The molecule has 2 aromatic heterocycles. The monoisotopic (exact) mass is 480 g/mol. The molecule has 0 bridgehead atoms. The third-order valence-corrected chi connectivity index (χ3v) is 5.56. The molecular weight excluding hydrogens is 459 g/mol. The van der Waals surface area contributed by atoms with E-state index in [1.807, 2.05) is 30.3 Å². The Hall–Kier alpha value is -4.85.